The lowest BCUT2D eigenvalue weighted by molar-refractivity contribution is -0.132. The minimum Gasteiger partial charge on any atom is -0.507 e. The van der Waals surface area contributed by atoms with Crippen LogP contribution in [0.25, 0.3) is 5.76 Å². The van der Waals surface area contributed by atoms with Crippen molar-refractivity contribution in [1.82, 2.24) is 10.2 Å². The smallest absolute Gasteiger partial charge is 0.301 e. The van der Waals surface area contributed by atoms with Crippen LogP contribution in [0.2, 0.25) is 5.02 Å². The van der Waals surface area contributed by atoms with Crippen molar-refractivity contribution >= 4 is 57.3 Å². The number of Topliss-reactive ketones (excluding diaryl/α,β-unsaturated/α-hetero) is 1. The van der Waals surface area contributed by atoms with Crippen LogP contribution in [0.1, 0.15) is 55.8 Å². The first-order chi connectivity index (χ1) is 21.4. The van der Waals surface area contributed by atoms with Gasteiger partial charge in [-0.3, -0.25) is 14.5 Å². The minimum atomic E-state index is -0.926. The number of anilines is 1. The van der Waals surface area contributed by atoms with Crippen molar-refractivity contribution in [3.05, 3.63) is 100 Å². The second-order valence-corrected chi connectivity index (χ2v) is 12.6. The van der Waals surface area contributed by atoms with Crippen LogP contribution in [0.5, 0.6) is 11.5 Å². The van der Waals surface area contributed by atoms with Crippen LogP contribution in [0.3, 0.4) is 0 Å². The summed E-state index contributed by atoms with van der Waals surface area (Å²) in [5.74, 6) is 0.0167. The number of aliphatic hydroxyl groups excluding tert-OH is 1. The molecule has 0 spiro atoms. The number of carbonyl (C=O) groups excluding carboxylic acids is 2. The van der Waals surface area contributed by atoms with E-state index in [1.54, 1.807) is 48.5 Å². The second-order valence-electron chi connectivity index (χ2n) is 10.0. The highest BCUT2D eigenvalue weighted by atomic mass is 35.5. The Balaban J connectivity index is 1.49. The number of ketones is 1. The zero-order valence-corrected chi connectivity index (χ0v) is 26.8. The quantitative estimate of drug-likeness (QED) is 0.0387. The molecular formula is C33H32ClN3O5S2. The summed E-state index contributed by atoms with van der Waals surface area (Å²) in [5.41, 5.74) is 1.93. The highest BCUT2D eigenvalue weighted by Gasteiger charge is 2.48. The van der Waals surface area contributed by atoms with Crippen LogP contribution < -0.4 is 14.4 Å². The highest BCUT2D eigenvalue weighted by molar-refractivity contribution is 8.00. The molecule has 0 aliphatic carbocycles. The van der Waals surface area contributed by atoms with Gasteiger partial charge in [-0.05, 0) is 66.4 Å². The molecule has 1 amide bonds. The van der Waals surface area contributed by atoms with E-state index in [0.29, 0.717) is 51.0 Å². The van der Waals surface area contributed by atoms with E-state index in [-0.39, 0.29) is 16.5 Å². The Morgan fingerprint density at radius 1 is 0.932 bits per heavy atom. The fourth-order valence-corrected chi connectivity index (χ4v) is 6.78. The number of ether oxygens (including phenoxy) is 2. The predicted octanol–water partition coefficient (Wildman–Crippen LogP) is 8.08. The Labute approximate surface area is 269 Å². The number of amides is 1. The lowest BCUT2D eigenvalue weighted by Crippen LogP contribution is -2.29. The summed E-state index contributed by atoms with van der Waals surface area (Å²) in [7, 11) is 0. The number of hydrogen-bond acceptors (Lipinski definition) is 9. The number of nitrogens with zero attached hydrogens (tertiary/aromatic N) is 3. The maximum absolute atomic E-state index is 13.6. The maximum atomic E-state index is 13.6. The van der Waals surface area contributed by atoms with Gasteiger partial charge in [0.25, 0.3) is 5.78 Å². The van der Waals surface area contributed by atoms with Crippen LogP contribution in [-0.2, 0) is 15.3 Å². The molecule has 8 nitrogen and oxygen atoms in total. The van der Waals surface area contributed by atoms with E-state index in [4.69, 9.17) is 21.1 Å². The van der Waals surface area contributed by atoms with E-state index in [0.717, 1.165) is 24.8 Å². The first-order valence-electron chi connectivity index (χ1n) is 14.4. The molecule has 5 rings (SSSR count). The lowest BCUT2D eigenvalue weighted by atomic mass is 9.95. The van der Waals surface area contributed by atoms with Crippen LogP contribution in [0.4, 0.5) is 5.13 Å². The standard InChI is InChI=1S/C33H32ClN3O5S2/c1-3-5-19-42-25-16-12-22(13-17-25)29(38)27-28(21-10-14-24(15-11-21)41-18-4-2)37(31(40)30(27)39)32-35-36-33(44-32)43-20-23-8-6-7-9-26(23)34/h6-17,28,38H,3-5,18-20H2,1-2H3/b29-27+. The molecule has 1 fully saturated rings. The van der Waals surface area contributed by atoms with E-state index in [1.807, 2.05) is 31.2 Å². The van der Waals surface area contributed by atoms with E-state index < -0.39 is 17.7 Å². The minimum absolute atomic E-state index is 0.0302. The van der Waals surface area contributed by atoms with Gasteiger partial charge in [0.05, 0.1) is 24.8 Å². The van der Waals surface area contributed by atoms with Gasteiger partial charge in [-0.15, -0.1) is 10.2 Å². The van der Waals surface area contributed by atoms with Crippen LogP contribution in [0.15, 0.2) is 82.7 Å². The van der Waals surface area contributed by atoms with E-state index in [2.05, 4.69) is 17.1 Å². The molecule has 1 atom stereocenters. The molecule has 1 aliphatic rings. The van der Waals surface area contributed by atoms with E-state index >= 15 is 0 Å². The number of aliphatic hydroxyl groups is 1. The lowest BCUT2D eigenvalue weighted by Gasteiger charge is -2.22. The molecule has 1 aliphatic heterocycles. The van der Waals surface area contributed by atoms with Crippen molar-refractivity contribution < 1.29 is 24.2 Å². The number of unbranched alkanes of at least 4 members (excludes halogenated alkanes) is 1. The zero-order chi connectivity index (χ0) is 31.1. The molecule has 0 radical (unpaired) electrons. The van der Waals surface area contributed by atoms with Crippen molar-refractivity contribution in [2.45, 2.75) is 49.2 Å². The average Bonchev–Trinajstić information content (AvgIpc) is 3.61. The monoisotopic (exact) mass is 649 g/mol. The van der Waals surface area contributed by atoms with Gasteiger partial charge >= 0.3 is 5.91 Å². The van der Waals surface area contributed by atoms with Gasteiger partial charge in [0, 0.05) is 16.3 Å². The number of halogens is 1. The van der Waals surface area contributed by atoms with Crippen LogP contribution in [0, 0.1) is 0 Å². The number of aromatic nitrogens is 2. The molecule has 1 N–H and O–H groups in total. The van der Waals surface area contributed by atoms with Crippen molar-refractivity contribution in [2.75, 3.05) is 18.1 Å². The summed E-state index contributed by atoms with van der Waals surface area (Å²) in [4.78, 5) is 28.5. The number of thioether (sulfide) groups is 1. The molecule has 3 aromatic carbocycles. The maximum Gasteiger partial charge on any atom is 0.301 e. The molecule has 1 unspecified atom stereocenters. The summed E-state index contributed by atoms with van der Waals surface area (Å²) < 4.78 is 12.1. The van der Waals surface area contributed by atoms with E-state index in [1.165, 1.54) is 28.0 Å². The second kappa shape index (κ2) is 14.7. The number of carbonyl (C=O) groups is 2. The number of hydrogen-bond donors (Lipinski definition) is 1. The third-order valence-corrected chi connectivity index (χ3v) is 9.39. The van der Waals surface area contributed by atoms with Gasteiger partial charge in [-0.25, -0.2) is 0 Å². The SMILES string of the molecule is CCCCOc1ccc(/C(O)=C2\C(=O)C(=O)N(c3nnc(SCc4ccccc4Cl)s3)C2c2ccc(OCCC)cc2)cc1. The Hall–Kier alpha value is -3.86. The predicted molar refractivity (Wildman–Crippen MR) is 175 cm³/mol. The summed E-state index contributed by atoms with van der Waals surface area (Å²) >= 11 is 8.95. The fourth-order valence-electron chi connectivity index (χ4n) is 4.62. The summed E-state index contributed by atoms with van der Waals surface area (Å²) in [5, 5.41) is 21.0. The molecule has 44 heavy (non-hydrogen) atoms. The topological polar surface area (TPSA) is 102 Å². The number of benzene rings is 3. The Kier molecular flexibility index (Phi) is 10.6. The van der Waals surface area contributed by atoms with Gasteiger partial charge in [0.2, 0.25) is 5.13 Å². The largest absolute Gasteiger partial charge is 0.507 e. The molecule has 11 heteroatoms. The fraction of sp³-hybridized carbons (Fsp3) is 0.273. The molecule has 1 aromatic heterocycles. The first kappa shape index (κ1) is 31.6. The molecule has 2 heterocycles. The third kappa shape index (κ3) is 7.09. The average molecular weight is 650 g/mol. The van der Waals surface area contributed by atoms with Crippen LogP contribution >= 0.6 is 34.7 Å². The number of rotatable bonds is 13. The molecular weight excluding hydrogens is 618 g/mol. The molecule has 0 saturated carbocycles. The molecule has 4 aromatic rings. The summed E-state index contributed by atoms with van der Waals surface area (Å²) in [6.07, 6.45) is 2.80. The normalized spacial score (nSPS) is 16.0. The van der Waals surface area contributed by atoms with Gasteiger partial charge in [-0.2, -0.15) is 0 Å². The van der Waals surface area contributed by atoms with Crippen molar-refractivity contribution in [1.29, 1.82) is 0 Å². The summed E-state index contributed by atoms with van der Waals surface area (Å²) in [6.45, 7) is 5.26. The Morgan fingerprint density at radius 2 is 1.61 bits per heavy atom. The summed E-state index contributed by atoms with van der Waals surface area (Å²) in [6, 6.07) is 20.6. The van der Waals surface area contributed by atoms with Gasteiger partial charge in [-0.1, -0.05) is 85.3 Å². The molecule has 0 bridgehead atoms. The van der Waals surface area contributed by atoms with Crippen molar-refractivity contribution in [2.24, 2.45) is 0 Å². The van der Waals surface area contributed by atoms with Crippen molar-refractivity contribution in [3.63, 3.8) is 0 Å². The van der Waals surface area contributed by atoms with Gasteiger partial charge < -0.3 is 14.6 Å². The van der Waals surface area contributed by atoms with Crippen LogP contribution in [-0.4, -0.2) is 40.2 Å². The van der Waals surface area contributed by atoms with Crippen molar-refractivity contribution in [3.8, 4) is 11.5 Å². The van der Waals surface area contributed by atoms with Gasteiger partial charge in [0.1, 0.15) is 17.3 Å². The molecule has 1 saturated heterocycles. The zero-order valence-electron chi connectivity index (χ0n) is 24.4. The van der Waals surface area contributed by atoms with E-state index in [9.17, 15) is 14.7 Å². The highest BCUT2D eigenvalue weighted by Crippen LogP contribution is 2.44. The molecule has 228 valence electrons. The Morgan fingerprint density at radius 3 is 2.30 bits per heavy atom. The Bertz CT molecular complexity index is 1640. The first-order valence-corrected chi connectivity index (χ1v) is 16.6. The van der Waals surface area contributed by atoms with Gasteiger partial charge in [0.15, 0.2) is 4.34 Å². The third-order valence-electron chi connectivity index (χ3n) is 6.92.